The molecule has 5 heteroatoms. The first-order valence-electron chi connectivity index (χ1n) is 2.36. The molecule has 2 atom stereocenters. The summed E-state index contributed by atoms with van der Waals surface area (Å²) in [7, 11) is -3.07. The highest BCUT2D eigenvalue weighted by atomic mass is 127. The Balaban J connectivity index is 4.24. The van der Waals surface area contributed by atoms with Crippen LogP contribution in [0.15, 0.2) is 0 Å². The van der Waals surface area contributed by atoms with E-state index in [-0.39, 0.29) is 0 Å². The second-order valence-electron chi connectivity index (χ2n) is 1.92. The van der Waals surface area contributed by atoms with Crippen molar-refractivity contribution in [2.45, 2.75) is 16.3 Å². The van der Waals surface area contributed by atoms with Crippen LogP contribution in [-0.2, 0) is 9.84 Å². The Bertz CT molecular complexity index is 172. The first-order valence-corrected chi connectivity index (χ1v) is 5.56. The maximum atomic E-state index is 10.6. The maximum absolute atomic E-state index is 10.6. The third-order valence-corrected chi connectivity index (χ3v) is 5.81. The second-order valence-corrected chi connectivity index (χ2v) is 6.28. The normalized spacial score (nSPS) is 19.1. The smallest absolute Gasteiger partial charge is 0.162 e. The molecule has 0 saturated carbocycles. The third kappa shape index (κ3) is 3.36. The Hall–Kier alpha value is 0.640. The van der Waals surface area contributed by atoms with E-state index in [4.69, 9.17) is 5.11 Å². The number of halogens is 1. The minimum atomic E-state index is -3.07. The standard InChI is InChI=1S/C4H9IO3S/c1-3(6)4(5)9(2,7)8/h3-4,6H,1-2H3/t3-,4-/m1/s1. The van der Waals surface area contributed by atoms with Crippen molar-refractivity contribution in [1.29, 1.82) is 0 Å². The molecule has 0 aliphatic heterocycles. The third-order valence-electron chi connectivity index (χ3n) is 0.788. The molecule has 56 valence electrons. The zero-order valence-corrected chi connectivity index (χ0v) is 8.18. The fourth-order valence-corrected chi connectivity index (χ4v) is 1.07. The van der Waals surface area contributed by atoms with E-state index in [0.717, 1.165) is 6.26 Å². The minimum Gasteiger partial charge on any atom is -0.391 e. The van der Waals surface area contributed by atoms with Crippen molar-refractivity contribution < 1.29 is 13.5 Å². The Kier molecular flexibility index (Phi) is 3.38. The van der Waals surface area contributed by atoms with Crippen LogP contribution in [0.1, 0.15) is 6.92 Å². The van der Waals surface area contributed by atoms with Gasteiger partial charge in [-0.2, -0.15) is 0 Å². The summed E-state index contributed by atoms with van der Waals surface area (Å²) in [5, 5.41) is 8.77. The van der Waals surface area contributed by atoms with Crippen LogP contribution in [0.3, 0.4) is 0 Å². The summed E-state index contributed by atoms with van der Waals surface area (Å²) in [5.74, 6) is 0. The van der Waals surface area contributed by atoms with Gasteiger partial charge in [-0.05, 0) is 6.92 Å². The van der Waals surface area contributed by atoms with Crippen LogP contribution in [0.5, 0.6) is 0 Å². The van der Waals surface area contributed by atoms with Gasteiger partial charge in [-0.3, -0.25) is 0 Å². The number of sulfone groups is 1. The number of alkyl halides is 1. The van der Waals surface area contributed by atoms with Gasteiger partial charge in [0.15, 0.2) is 9.84 Å². The number of rotatable bonds is 2. The molecule has 0 aromatic carbocycles. The lowest BCUT2D eigenvalue weighted by molar-refractivity contribution is 0.214. The van der Waals surface area contributed by atoms with E-state index in [9.17, 15) is 8.42 Å². The van der Waals surface area contributed by atoms with Crippen LogP contribution in [-0.4, -0.2) is 29.1 Å². The molecule has 0 rings (SSSR count). The van der Waals surface area contributed by atoms with Gasteiger partial charge in [0.05, 0.1) is 6.10 Å². The SMILES string of the molecule is C[C@@H](O)[C@H](I)S(C)(=O)=O. The predicted molar refractivity (Wildman–Crippen MR) is 44.3 cm³/mol. The van der Waals surface area contributed by atoms with E-state index < -0.39 is 19.2 Å². The van der Waals surface area contributed by atoms with Crippen LogP contribution in [0.4, 0.5) is 0 Å². The lowest BCUT2D eigenvalue weighted by atomic mass is 10.5. The van der Waals surface area contributed by atoms with Crippen molar-refractivity contribution in [1.82, 2.24) is 0 Å². The Morgan fingerprint density at radius 2 is 1.89 bits per heavy atom. The van der Waals surface area contributed by atoms with Crippen molar-refractivity contribution in [3.05, 3.63) is 0 Å². The summed E-state index contributed by atoms with van der Waals surface area (Å²) in [6.07, 6.45) is 0.317. The lowest BCUT2D eigenvalue weighted by Crippen LogP contribution is -2.24. The molecule has 9 heavy (non-hydrogen) atoms. The van der Waals surface area contributed by atoms with E-state index in [2.05, 4.69) is 0 Å². The molecule has 0 aliphatic rings. The second kappa shape index (κ2) is 3.16. The molecule has 0 spiro atoms. The van der Waals surface area contributed by atoms with Gasteiger partial charge in [0.2, 0.25) is 0 Å². The monoisotopic (exact) mass is 264 g/mol. The minimum absolute atomic E-state index is 0.685. The van der Waals surface area contributed by atoms with Crippen molar-refractivity contribution in [2.24, 2.45) is 0 Å². The molecular weight excluding hydrogens is 255 g/mol. The Morgan fingerprint density at radius 3 is 1.89 bits per heavy atom. The molecule has 0 unspecified atom stereocenters. The van der Waals surface area contributed by atoms with E-state index in [0.29, 0.717) is 0 Å². The zero-order chi connectivity index (χ0) is 7.65. The average Bonchev–Trinajstić information content (AvgIpc) is 1.62. The Morgan fingerprint density at radius 1 is 1.56 bits per heavy atom. The lowest BCUT2D eigenvalue weighted by Gasteiger charge is -2.08. The van der Waals surface area contributed by atoms with E-state index in [1.54, 1.807) is 22.6 Å². The van der Waals surface area contributed by atoms with Gasteiger partial charge in [0, 0.05) is 6.26 Å². The van der Waals surface area contributed by atoms with Gasteiger partial charge in [-0.25, -0.2) is 8.42 Å². The van der Waals surface area contributed by atoms with E-state index in [1.165, 1.54) is 6.92 Å². The molecule has 0 aromatic heterocycles. The van der Waals surface area contributed by atoms with Gasteiger partial charge in [0.1, 0.15) is 3.26 Å². The van der Waals surface area contributed by atoms with E-state index >= 15 is 0 Å². The molecule has 0 aromatic rings. The van der Waals surface area contributed by atoms with Gasteiger partial charge >= 0.3 is 0 Å². The molecule has 0 amide bonds. The van der Waals surface area contributed by atoms with Gasteiger partial charge in [0.25, 0.3) is 0 Å². The summed E-state index contributed by atoms with van der Waals surface area (Å²) in [5.41, 5.74) is 0. The fraction of sp³-hybridized carbons (Fsp3) is 1.00. The van der Waals surface area contributed by atoms with Crippen LogP contribution < -0.4 is 0 Å². The summed E-state index contributed by atoms with van der Waals surface area (Å²) < 4.78 is 20.5. The molecular formula is C4H9IO3S. The quantitative estimate of drug-likeness (QED) is 0.571. The van der Waals surface area contributed by atoms with Crippen molar-refractivity contribution in [3.8, 4) is 0 Å². The van der Waals surface area contributed by atoms with E-state index in [1.807, 2.05) is 0 Å². The predicted octanol–water partition coefficient (Wildman–Crippen LogP) is 0.173. The first kappa shape index (κ1) is 9.64. The molecule has 1 N–H and O–H groups in total. The highest BCUT2D eigenvalue weighted by Crippen LogP contribution is 2.12. The van der Waals surface area contributed by atoms with Crippen LogP contribution >= 0.6 is 22.6 Å². The highest BCUT2D eigenvalue weighted by molar-refractivity contribution is 14.1. The van der Waals surface area contributed by atoms with Gasteiger partial charge < -0.3 is 5.11 Å². The number of hydrogen-bond acceptors (Lipinski definition) is 3. The van der Waals surface area contributed by atoms with Crippen molar-refractivity contribution in [3.63, 3.8) is 0 Å². The van der Waals surface area contributed by atoms with Crippen molar-refractivity contribution >= 4 is 32.4 Å². The topological polar surface area (TPSA) is 54.4 Å². The molecule has 0 radical (unpaired) electrons. The zero-order valence-electron chi connectivity index (χ0n) is 5.20. The van der Waals surface area contributed by atoms with Crippen molar-refractivity contribution in [2.75, 3.05) is 6.26 Å². The summed E-state index contributed by atoms with van der Waals surface area (Å²) in [6.45, 7) is 1.46. The molecule has 0 saturated heterocycles. The summed E-state index contributed by atoms with van der Waals surface area (Å²) in [4.78, 5) is 0. The molecule has 0 bridgehead atoms. The van der Waals surface area contributed by atoms with Crippen LogP contribution in [0.25, 0.3) is 0 Å². The summed E-state index contributed by atoms with van der Waals surface area (Å²) >= 11 is 1.70. The maximum Gasteiger partial charge on any atom is 0.162 e. The number of hydrogen-bond donors (Lipinski definition) is 1. The molecule has 3 nitrogen and oxygen atoms in total. The van der Waals surface area contributed by atoms with Crippen LogP contribution in [0, 0.1) is 0 Å². The largest absolute Gasteiger partial charge is 0.391 e. The fourth-order valence-electron chi connectivity index (χ4n) is 0.358. The van der Waals surface area contributed by atoms with Gasteiger partial charge in [-0.1, -0.05) is 22.6 Å². The first-order chi connectivity index (χ1) is 3.85. The molecule has 0 fully saturated rings. The average molecular weight is 264 g/mol. The van der Waals surface area contributed by atoms with Gasteiger partial charge in [-0.15, -0.1) is 0 Å². The summed E-state index contributed by atoms with van der Waals surface area (Å²) in [6, 6.07) is 0. The molecule has 0 aliphatic carbocycles. The highest BCUT2D eigenvalue weighted by Gasteiger charge is 2.21. The van der Waals surface area contributed by atoms with Crippen LogP contribution in [0.2, 0.25) is 0 Å². The number of aliphatic hydroxyl groups excluding tert-OH is 1. The Labute approximate surface area is 68.5 Å². The number of aliphatic hydroxyl groups is 1. The molecule has 0 heterocycles.